The van der Waals surface area contributed by atoms with E-state index in [1.807, 2.05) is 19.9 Å². The first-order valence-corrected chi connectivity index (χ1v) is 7.49. The molecule has 0 aromatic heterocycles. The lowest BCUT2D eigenvalue weighted by atomic mass is 10.1. The summed E-state index contributed by atoms with van der Waals surface area (Å²) < 4.78 is 14.7. The molecule has 0 aliphatic heterocycles. The van der Waals surface area contributed by atoms with Crippen molar-refractivity contribution in [3.05, 3.63) is 69.4 Å². The Balaban J connectivity index is 2.26. The van der Waals surface area contributed by atoms with E-state index in [0.717, 1.165) is 10.0 Å². The number of carbonyl (C=O) groups excluding carboxylic acids is 1. The number of carbonyl (C=O) groups is 1. The van der Waals surface area contributed by atoms with Crippen molar-refractivity contribution in [1.29, 1.82) is 0 Å². The number of halogens is 2. The maximum Gasteiger partial charge on any atom is 0.254 e. The highest BCUT2D eigenvalue weighted by Gasteiger charge is 2.21. The van der Waals surface area contributed by atoms with Gasteiger partial charge in [0.25, 0.3) is 5.91 Å². The van der Waals surface area contributed by atoms with Gasteiger partial charge in [0, 0.05) is 22.6 Å². The van der Waals surface area contributed by atoms with Crippen molar-refractivity contribution in [2.75, 3.05) is 7.05 Å². The summed E-state index contributed by atoms with van der Waals surface area (Å²) in [5, 5.41) is 0. The fourth-order valence-electron chi connectivity index (χ4n) is 2.13. The molecular weight excluding hydrogens is 333 g/mol. The van der Waals surface area contributed by atoms with Crippen molar-refractivity contribution in [3.8, 4) is 0 Å². The number of hydrogen-bond acceptors (Lipinski definition) is 1. The summed E-state index contributed by atoms with van der Waals surface area (Å²) in [5.41, 5.74) is 2.16. The molecule has 0 bridgehead atoms. The Morgan fingerprint density at radius 1 is 1.24 bits per heavy atom. The summed E-state index contributed by atoms with van der Waals surface area (Å²) in [4.78, 5) is 14.1. The quantitative estimate of drug-likeness (QED) is 0.784. The lowest BCUT2D eigenvalue weighted by Crippen LogP contribution is -2.30. The predicted molar refractivity (Wildman–Crippen MR) is 85.8 cm³/mol. The standard InChI is InChI=1S/C17H17BrFNO/c1-11-8-9-13(10-15(11)18)17(21)20(3)12(2)14-6-4-5-7-16(14)19/h4-10,12H,1-3H3. The molecule has 0 spiro atoms. The van der Waals surface area contributed by atoms with Gasteiger partial charge in [0.15, 0.2) is 0 Å². The molecule has 0 aliphatic carbocycles. The van der Waals surface area contributed by atoms with E-state index in [4.69, 9.17) is 0 Å². The first-order chi connectivity index (χ1) is 9.91. The van der Waals surface area contributed by atoms with Crippen molar-refractivity contribution in [3.63, 3.8) is 0 Å². The number of amides is 1. The van der Waals surface area contributed by atoms with Gasteiger partial charge in [-0.05, 0) is 37.6 Å². The van der Waals surface area contributed by atoms with Gasteiger partial charge in [-0.15, -0.1) is 0 Å². The van der Waals surface area contributed by atoms with Crippen LogP contribution in [0.4, 0.5) is 4.39 Å². The summed E-state index contributed by atoms with van der Waals surface area (Å²) in [6.45, 7) is 3.78. The van der Waals surface area contributed by atoms with Gasteiger partial charge < -0.3 is 4.90 Å². The molecule has 2 aromatic rings. The minimum atomic E-state index is -0.334. The molecule has 0 aliphatic rings. The van der Waals surface area contributed by atoms with Crippen LogP contribution in [0.1, 0.15) is 34.5 Å². The predicted octanol–water partition coefficient (Wildman–Crippen LogP) is 4.73. The van der Waals surface area contributed by atoms with Gasteiger partial charge in [0.2, 0.25) is 0 Å². The van der Waals surface area contributed by atoms with E-state index in [0.29, 0.717) is 11.1 Å². The topological polar surface area (TPSA) is 20.3 Å². The van der Waals surface area contributed by atoms with E-state index >= 15 is 0 Å². The number of aryl methyl sites for hydroxylation is 1. The molecule has 1 atom stereocenters. The van der Waals surface area contributed by atoms with Gasteiger partial charge in [-0.2, -0.15) is 0 Å². The van der Waals surface area contributed by atoms with Crippen LogP contribution in [0.15, 0.2) is 46.9 Å². The van der Waals surface area contributed by atoms with E-state index in [2.05, 4.69) is 15.9 Å². The van der Waals surface area contributed by atoms with E-state index in [1.165, 1.54) is 6.07 Å². The van der Waals surface area contributed by atoms with E-state index in [1.54, 1.807) is 42.3 Å². The van der Waals surface area contributed by atoms with Gasteiger partial charge >= 0.3 is 0 Å². The molecule has 0 saturated carbocycles. The van der Waals surface area contributed by atoms with Gasteiger partial charge in [-0.25, -0.2) is 4.39 Å². The lowest BCUT2D eigenvalue weighted by Gasteiger charge is -2.26. The van der Waals surface area contributed by atoms with Crippen molar-refractivity contribution < 1.29 is 9.18 Å². The summed E-state index contributed by atoms with van der Waals surface area (Å²) in [6, 6.07) is 11.7. The lowest BCUT2D eigenvalue weighted by molar-refractivity contribution is 0.0740. The van der Waals surface area contributed by atoms with E-state index in [-0.39, 0.29) is 17.8 Å². The number of benzene rings is 2. The molecule has 0 fully saturated rings. The van der Waals surface area contributed by atoms with Gasteiger partial charge in [-0.1, -0.05) is 40.2 Å². The second kappa shape index (κ2) is 6.39. The van der Waals surface area contributed by atoms with Crippen LogP contribution in [-0.4, -0.2) is 17.9 Å². The highest BCUT2D eigenvalue weighted by molar-refractivity contribution is 9.10. The Morgan fingerprint density at radius 2 is 1.90 bits per heavy atom. The molecule has 1 unspecified atom stereocenters. The molecule has 0 radical (unpaired) electrons. The van der Waals surface area contributed by atoms with Crippen LogP contribution in [0.5, 0.6) is 0 Å². The normalized spacial score (nSPS) is 12.0. The molecule has 21 heavy (non-hydrogen) atoms. The van der Waals surface area contributed by atoms with Crippen LogP contribution >= 0.6 is 15.9 Å². The fraction of sp³-hybridized carbons (Fsp3) is 0.235. The zero-order valence-electron chi connectivity index (χ0n) is 12.2. The smallest absolute Gasteiger partial charge is 0.254 e. The second-order valence-corrected chi connectivity index (χ2v) is 5.93. The van der Waals surface area contributed by atoms with Crippen molar-refractivity contribution in [1.82, 2.24) is 4.90 Å². The molecule has 0 N–H and O–H groups in total. The Kier molecular flexibility index (Phi) is 4.78. The van der Waals surface area contributed by atoms with Crippen LogP contribution in [0.2, 0.25) is 0 Å². The Hall–Kier alpha value is -1.68. The summed E-state index contributed by atoms with van der Waals surface area (Å²) in [5.74, 6) is -0.429. The third-order valence-corrected chi connectivity index (χ3v) is 4.53. The molecule has 0 saturated heterocycles. The highest BCUT2D eigenvalue weighted by atomic mass is 79.9. The molecule has 2 rings (SSSR count). The maximum atomic E-state index is 13.8. The number of rotatable bonds is 3. The summed E-state index contributed by atoms with van der Waals surface area (Å²) in [6.07, 6.45) is 0. The first kappa shape index (κ1) is 15.7. The Labute approximate surface area is 132 Å². The summed E-state index contributed by atoms with van der Waals surface area (Å²) in [7, 11) is 1.69. The Bertz CT molecular complexity index is 672. The van der Waals surface area contributed by atoms with Gasteiger partial charge in [0.05, 0.1) is 6.04 Å². The van der Waals surface area contributed by atoms with Gasteiger partial charge in [-0.3, -0.25) is 4.79 Å². The van der Waals surface area contributed by atoms with Crippen LogP contribution < -0.4 is 0 Å². The first-order valence-electron chi connectivity index (χ1n) is 6.69. The van der Waals surface area contributed by atoms with Crippen LogP contribution in [0.25, 0.3) is 0 Å². The molecule has 2 nitrogen and oxygen atoms in total. The number of nitrogens with zero attached hydrogens (tertiary/aromatic N) is 1. The second-order valence-electron chi connectivity index (χ2n) is 5.08. The highest BCUT2D eigenvalue weighted by Crippen LogP contribution is 2.24. The zero-order valence-corrected chi connectivity index (χ0v) is 13.8. The maximum absolute atomic E-state index is 13.8. The molecule has 4 heteroatoms. The molecule has 2 aromatic carbocycles. The largest absolute Gasteiger partial charge is 0.335 e. The fourth-order valence-corrected chi connectivity index (χ4v) is 2.51. The molecular formula is C17H17BrFNO. The van der Waals surface area contributed by atoms with Crippen LogP contribution in [-0.2, 0) is 0 Å². The van der Waals surface area contributed by atoms with Crippen molar-refractivity contribution >= 4 is 21.8 Å². The van der Waals surface area contributed by atoms with Crippen molar-refractivity contribution in [2.24, 2.45) is 0 Å². The van der Waals surface area contributed by atoms with Crippen LogP contribution in [0, 0.1) is 12.7 Å². The summed E-state index contributed by atoms with van der Waals surface area (Å²) >= 11 is 3.43. The van der Waals surface area contributed by atoms with E-state index in [9.17, 15) is 9.18 Å². The van der Waals surface area contributed by atoms with Crippen LogP contribution in [0.3, 0.4) is 0 Å². The van der Waals surface area contributed by atoms with Gasteiger partial charge in [0.1, 0.15) is 5.82 Å². The average molecular weight is 350 g/mol. The number of hydrogen-bond donors (Lipinski definition) is 0. The third kappa shape index (κ3) is 3.32. The molecule has 1 amide bonds. The van der Waals surface area contributed by atoms with Crippen molar-refractivity contribution in [2.45, 2.75) is 19.9 Å². The Morgan fingerprint density at radius 3 is 2.52 bits per heavy atom. The minimum Gasteiger partial charge on any atom is -0.335 e. The monoisotopic (exact) mass is 349 g/mol. The van der Waals surface area contributed by atoms with E-state index < -0.39 is 0 Å². The zero-order chi connectivity index (χ0) is 15.6. The average Bonchev–Trinajstić information content (AvgIpc) is 2.48. The molecule has 110 valence electrons. The molecule has 0 heterocycles. The third-order valence-electron chi connectivity index (χ3n) is 3.68. The minimum absolute atomic E-state index is 0.133. The SMILES string of the molecule is Cc1ccc(C(=O)N(C)C(C)c2ccccc2F)cc1Br.